The number of fused-ring (bicyclic) bond motifs is 1. The first kappa shape index (κ1) is 14.2. The van der Waals surface area contributed by atoms with Crippen molar-refractivity contribution in [1.82, 2.24) is 0 Å². The lowest BCUT2D eigenvalue weighted by Crippen LogP contribution is -2.13. The van der Waals surface area contributed by atoms with Gasteiger partial charge in [0.1, 0.15) is 5.82 Å². The molecule has 2 aromatic carbocycles. The van der Waals surface area contributed by atoms with Crippen LogP contribution in [0.2, 0.25) is 5.02 Å². The Balaban J connectivity index is 1.90. The number of benzene rings is 2. The minimum atomic E-state index is -0.500. The van der Waals surface area contributed by atoms with Crippen LogP contribution in [0.15, 0.2) is 34.8 Å². The summed E-state index contributed by atoms with van der Waals surface area (Å²) < 4.78 is 24.1. The lowest BCUT2D eigenvalue weighted by Gasteiger charge is -2.09. The number of hydrogen-bond acceptors (Lipinski definition) is 3. The van der Waals surface area contributed by atoms with Gasteiger partial charge in [-0.15, -0.1) is 0 Å². The molecule has 3 rings (SSSR count). The van der Waals surface area contributed by atoms with Crippen molar-refractivity contribution in [1.29, 1.82) is 0 Å². The van der Waals surface area contributed by atoms with Crippen LogP contribution in [0, 0.1) is 5.82 Å². The second kappa shape index (κ2) is 5.54. The highest BCUT2D eigenvalue weighted by atomic mass is 79.9. The number of rotatable bonds is 2. The number of nitrogens with one attached hydrogen (secondary N) is 1. The average molecular weight is 373 g/mol. The Labute approximate surface area is 132 Å². The molecule has 0 aliphatic carbocycles. The summed E-state index contributed by atoms with van der Waals surface area (Å²) >= 11 is 9.28. The molecule has 0 atom stereocenters. The Morgan fingerprint density at radius 1 is 1.24 bits per heavy atom. The fourth-order valence-electron chi connectivity index (χ4n) is 1.87. The van der Waals surface area contributed by atoms with Crippen LogP contribution in [0.25, 0.3) is 0 Å². The molecule has 0 spiro atoms. The highest BCUT2D eigenvalue weighted by molar-refractivity contribution is 9.10. The van der Waals surface area contributed by atoms with E-state index in [0.29, 0.717) is 26.7 Å². The van der Waals surface area contributed by atoms with Crippen LogP contribution >= 0.6 is 27.5 Å². The summed E-state index contributed by atoms with van der Waals surface area (Å²) in [6.07, 6.45) is 0. The maximum Gasteiger partial charge on any atom is 0.256 e. The van der Waals surface area contributed by atoms with Crippen molar-refractivity contribution in [3.63, 3.8) is 0 Å². The molecule has 4 nitrogen and oxygen atoms in total. The topological polar surface area (TPSA) is 47.6 Å². The van der Waals surface area contributed by atoms with Gasteiger partial charge in [0.05, 0.1) is 16.3 Å². The predicted octanol–water partition coefficient (Wildman–Crippen LogP) is 4.22. The number of carbonyl (C=O) groups is 1. The van der Waals surface area contributed by atoms with E-state index in [1.165, 1.54) is 12.1 Å². The molecule has 1 N–H and O–H groups in total. The van der Waals surface area contributed by atoms with E-state index >= 15 is 0 Å². The predicted molar refractivity (Wildman–Crippen MR) is 79.6 cm³/mol. The van der Waals surface area contributed by atoms with Crippen LogP contribution in [0.4, 0.5) is 10.1 Å². The number of amides is 1. The van der Waals surface area contributed by atoms with Crippen molar-refractivity contribution in [2.75, 3.05) is 12.1 Å². The summed E-state index contributed by atoms with van der Waals surface area (Å²) in [7, 11) is 0. The third-order valence-corrected chi connectivity index (χ3v) is 3.89. The highest BCUT2D eigenvalue weighted by Gasteiger charge is 2.19. The molecule has 0 saturated heterocycles. The fourth-order valence-corrected chi connectivity index (χ4v) is 2.50. The Kier molecular flexibility index (Phi) is 3.73. The Morgan fingerprint density at radius 2 is 1.95 bits per heavy atom. The van der Waals surface area contributed by atoms with Gasteiger partial charge in [-0.25, -0.2) is 4.39 Å². The molecule has 0 saturated carbocycles. The first-order chi connectivity index (χ1) is 10.0. The zero-order chi connectivity index (χ0) is 15.0. The number of halogens is 3. The average Bonchev–Trinajstić information content (AvgIpc) is 2.88. The molecular formula is C14H8BrClFNO3. The quantitative estimate of drug-likeness (QED) is 0.858. The molecule has 0 radical (unpaired) electrons. The second-order valence-corrected chi connectivity index (χ2v) is 5.53. The summed E-state index contributed by atoms with van der Waals surface area (Å²) in [6.45, 7) is 0.110. The zero-order valence-electron chi connectivity index (χ0n) is 10.5. The summed E-state index contributed by atoms with van der Waals surface area (Å²) in [6, 6.07) is 6.98. The molecule has 1 amide bonds. The van der Waals surface area contributed by atoms with E-state index in [4.69, 9.17) is 21.1 Å². The molecule has 0 fully saturated rings. The smallest absolute Gasteiger partial charge is 0.256 e. The largest absolute Gasteiger partial charge is 0.454 e. The van der Waals surface area contributed by atoms with Gasteiger partial charge in [0.15, 0.2) is 11.5 Å². The molecule has 1 heterocycles. The van der Waals surface area contributed by atoms with Gasteiger partial charge in [-0.05, 0) is 34.1 Å². The van der Waals surface area contributed by atoms with Crippen LogP contribution in [0.1, 0.15) is 10.4 Å². The van der Waals surface area contributed by atoms with Gasteiger partial charge < -0.3 is 14.8 Å². The van der Waals surface area contributed by atoms with E-state index in [2.05, 4.69) is 21.2 Å². The van der Waals surface area contributed by atoms with E-state index in [1.807, 2.05) is 0 Å². The van der Waals surface area contributed by atoms with Gasteiger partial charge in [0, 0.05) is 16.6 Å². The number of anilines is 1. The normalized spacial score (nSPS) is 12.3. The fraction of sp³-hybridized carbons (Fsp3) is 0.0714. The van der Waals surface area contributed by atoms with Crippen molar-refractivity contribution in [2.24, 2.45) is 0 Å². The molecule has 1 aliphatic rings. The summed E-state index contributed by atoms with van der Waals surface area (Å²) in [4.78, 5) is 12.2. The Morgan fingerprint density at radius 3 is 2.71 bits per heavy atom. The Bertz CT molecular complexity index is 738. The highest BCUT2D eigenvalue weighted by Crippen LogP contribution is 2.39. The van der Waals surface area contributed by atoms with Crippen LogP contribution in [0.5, 0.6) is 11.5 Å². The minimum absolute atomic E-state index is 0.110. The third kappa shape index (κ3) is 2.82. The zero-order valence-corrected chi connectivity index (χ0v) is 12.8. The minimum Gasteiger partial charge on any atom is -0.454 e. The third-order valence-electron chi connectivity index (χ3n) is 2.88. The summed E-state index contributed by atoms with van der Waals surface area (Å²) in [5.41, 5.74) is 0.533. The molecule has 21 heavy (non-hydrogen) atoms. The number of ether oxygens (including phenoxy) is 2. The van der Waals surface area contributed by atoms with Crippen molar-refractivity contribution in [2.45, 2.75) is 0 Å². The first-order valence-corrected chi connectivity index (χ1v) is 7.07. The SMILES string of the molecule is O=C(Nc1cc2c(cc1Cl)OCO2)c1cc(F)ccc1Br. The first-order valence-electron chi connectivity index (χ1n) is 5.90. The van der Waals surface area contributed by atoms with Gasteiger partial charge in [-0.1, -0.05) is 11.6 Å². The molecular weight excluding hydrogens is 365 g/mol. The second-order valence-electron chi connectivity index (χ2n) is 4.26. The maximum absolute atomic E-state index is 13.2. The number of hydrogen-bond donors (Lipinski definition) is 1. The van der Waals surface area contributed by atoms with Crippen molar-refractivity contribution in [3.8, 4) is 11.5 Å². The van der Waals surface area contributed by atoms with Gasteiger partial charge in [0.2, 0.25) is 6.79 Å². The molecule has 2 aromatic rings. The van der Waals surface area contributed by atoms with E-state index < -0.39 is 11.7 Å². The van der Waals surface area contributed by atoms with Crippen LogP contribution < -0.4 is 14.8 Å². The van der Waals surface area contributed by atoms with Crippen molar-refractivity contribution < 1.29 is 18.7 Å². The van der Waals surface area contributed by atoms with Crippen LogP contribution in [0.3, 0.4) is 0 Å². The molecule has 7 heteroatoms. The summed E-state index contributed by atoms with van der Waals surface area (Å²) in [5, 5.41) is 2.93. The van der Waals surface area contributed by atoms with Crippen LogP contribution in [-0.4, -0.2) is 12.7 Å². The van der Waals surface area contributed by atoms with Crippen LogP contribution in [-0.2, 0) is 0 Å². The lowest BCUT2D eigenvalue weighted by molar-refractivity contribution is 0.102. The van der Waals surface area contributed by atoms with E-state index in [9.17, 15) is 9.18 Å². The van der Waals surface area contributed by atoms with E-state index in [0.717, 1.165) is 6.07 Å². The molecule has 0 bridgehead atoms. The molecule has 1 aliphatic heterocycles. The Hall–Kier alpha value is -1.79. The maximum atomic E-state index is 13.2. The number of carbonyl (C=O) groups excluding carboxylic acids is 1. The van der Waals surface area contributed by atoms with Gasteiger partial charge in [0.25, 0.3) is 5.91 Å². The molecule has 0 unspecified atom stereocenters. The van der Waals surface area contributed by atoms with Gasteiger partial charge in [-0.3, -0.25) is 4.79 Å². The molecule has 0 aromatic heterocycles. The van der Waals surface area contributed by atoms with Gasteiger partial charge >= 0.3 is 0 Å². The van der Waals surface area contributed by atoms with Gasteiger partial charge in [-0.2, -0.15) is 0 Å². The summed E-state index contributed by atoms with van der Waals surface area (Å²) in [5.74, 6) is 0.0280. The lowest BCUT2D eigenvalue weighted by atomic mass is 10.2. The monoisotopic (exact) mass is 371 g/mol. The molecule has 108 valence electrons. The van der Waals surface area contributed by atoms with Crippen molar-refractivity contribution in [3.05, 3.63) is 51.2 Å². The van der Waals surface area contributed by atoms with E-state index in [-0.39, 0.29) is 12.4 Å². The van der Waals surface area contributed by atoms with E-state index in [1.54, 1.807) is 12.1 Å². The standard InChI is InChI=1S/C14H8BrClFNO3/c15-9-2-1-7(17)3-8(9)14(19)18-11-5-13-12(4-10(11)16)20-6-21-13/h1-5H,6H2,(H,18,19). The van der Waals surface area contributed by atoms with Crippen molar-refractivity contribution >= 4 is 39.1 Å².